The topological polar surface area (TPSA) is 53.7 Å². The van der Waals surface area contributed by atoms with Gasteiger partial charge in [0.1, 0.15) is 0 Å². The maximum absolute atomic E-state index is 6.36. The van der Waals surface area contributed by atoms with Crippen LogP contribution in [0.5, 0.6) is 17.2 Å². The third kappa shape index (κ3) is 3.18. The minimum absolute atomic E-state index is 0.0202. The van der Waals surface area contributed by atoms with Crippen molar-refractivity contribution in [3.8, 4) is 17.2 Å². The fourth-order valence-corrected chi connectivity index (χ4v) is 3.06. The molecule has 4 heteroatoms. The summed E-state index contributed by atoms with van der Waals surface area (Å²) in [5, 5.41) is 0. The lowest BCUT2D eigenvalue weighted by Gasteiger charge is -2.20. The smallest absolute Gasteiger partial charge is 0.203 e. The Kier molecular flexibility index (Phi) is 5.12. The summed E-state index contributed by atoms with van der Waals surface area (Å²) in [7, 11) is 4.87. The van der Waals surface area contributed by atoms with Gasteiger partial charge in [0, 0.05) is 6.04 Å². The quantitative estimate of drug-likeness (QED) is 0.868. The Labute approximate surface area is 121 Å². The predicted molar refractivity (Wildman–Crippen MR) is 79.6 cm³/mol. The first kappa shape index (κ1) is 15.0. The van der Waals surface area contributed by atoms with Crippen LogP contribution in [-0.2, 0) is 0 Å². The first-order chi connectivity index (χ1) is 9.69. The predicted octanol–water partition coefficient (Wildman–Crippen LogP) is 3.29. The van der Waals surface area contributed by atoms with E-state index < -0.39 is 0 Å². The summed E-state index contributed by atoms with van der Waals surface area (Å²) in [6.45, 7) is 0. The molecule has 112 valence electrons. The van der Waals surface area contributed by atoms with Crippen molar-refractivity contribution in [3.05, 3.63) is 17.7 Å². The van der Waals surface area contributed by atoms with Crippen molar-refractivity contribution < 1.29 is 14.2 Å². The van der Waals surface area contributed by atoms with Gasteiger partial charge in [-0.15, -0.1) is 0 Å². The minimum Gasteiger partial charge on any atom is -0.493 e. The van der Waals surface area contributed by atoms with Gasteiger partial charge in [-0.2, -0.15) is 0 Å². The number of nitrogens with two attached hydrogens (primary N) is 1. The Balaban J connectivity index is 2.21. The Hall–Kier alpha value is -1.42. The van der Waals surface area contributed by atoms with Gasteiger partial charge >= 0.3 is 0 Å². The zero-order valence-corrected chi connectivity index (χ0v) is 12.6. The van der Waals surface area contributed by atoms with Gasteiger partial charge in [-0.1, -0.05) is 25.7 Å². The highest BCUT2D eigenvalue weighted by atomic mass is 16.5. The van der Waals surface area contributed by atoms with Crippen molar-refractivity contribution in [2.75, 3.05) is 21.3 Å². The number of hydrogen-bond donors (Lipinski definition) is 1. The molecular formula is C16H25NO3. The lowest BCUT2D eigenvalue weighted by molar-refractivity contribution is 0.323. The Bertz CT molecular complexity index is 416. The zero-order chi connectivity index (χ0) is 14.5. The third-order valence-corrected chi connectivity index (χ3v) is 4.18. The van der Waals surface area contributed by atoms with E-state index in [-0.39, 0.29) is 6.04 Å². The molecule has 0 aromatic heterocycles. The van der Waals surface area contributed by atoms with E-state index in [2.05, 4.69) is 0 Å². The zero-order valence-electron chi connectivity index (χ0n) is 12.6. The van der Waals surface area contributed by atoms with Crippen LogP contribution in [0.25, 0.3) is 0 Å². The molecule has 1 aromatic rings. The van der Waals surface area contributed by atoms with Crippen molar-refractivity contribution in [3.63, 3.8) is 0 Å². The second kappa shape index (κ2) is 6.84. The van der Waals surface area contributed by atoms with E-state index in [1.165, 1.54) is 25.7 Å². The van der Waals surface area contributed by atoms with E-state index in [1.54, 1.807) is 21.3 Å². The Morgan fingerprint density at radius 3 is 2.05 bits per heavy atom. The van der Waals surface area contributed by atoms with Gasteiger partial charge in [0.05, 0.1) is 21.3 Å². The Morgan fingerprint density at radius 2 is 1.60 bits per heavy atom. The standard InChI is InChI=1S/C16H25NO3/c1-18-14-9-12(10-15(19-2)16(14)20-3)13(17)8-11-6-4-5-7-11/h9-11,13H,4-8,17H2,1-3H3. The van der Waals surface area contributed by atoms with E-state index in [9.17, 15) is 0 Å². The first-order valence-electron chi connectivity index (χ1n) is 7.25. The molecular weight excluding hydrogens is 254 g/mol. The molecule has 2 N–H and O–H groups in total. The maximum Gasteiger partial charge on any atom is 0.203 e. The molecule has 0 radical (unpaired) electrons. The van der Waals surface area contributed by atoms with Crippen LogP contribution in [-0.4, -0.2) is 21.3 Å². The van der Waals surface area contributed by atoms with Gasteiger partial charge in [-0.25, -0.2) is 0 Å². The number of benzene rings is 1. The maximum atomic E-state index is 6.36. The summed E-state index contributed by atoms with van der Waals surface area (Å²) < 4.78 is 16.1. The lowest BCUT2D eigenvalue weighted by Crippen LogP contribution is -2.14. The van der Waals surface area contributed by atoms with Gasteiger partial charge in [0.25, 0.3) is 0 Å². The molecule has 1 aromatic carbocycles. The van der Waals surface area contributed by atoms with Crippen molar-refractivity contribution >= 4 is 0 Å². The summed E-state index contributed by atoms with van der Waals surface area (Å²) in [6, 6.07) is 3.94. The highest BCUT2D eigenvalue weighted by Gasteiger charge is 2.21. The van der Waals surface area contributed by atoms with E-state index in [0.717, 1.165) is 17.9 Å². The SMILES string of the molecule is COc1cc(C(N)CC2CCCC2)cc(OC)c1OC. The minimum atomic E-state index is 0.0202. The number of rotatable bonds is 6. The van der Waals surface area contributed by atoms with Crippen LogP contribution in [0.1, 0.15) is 43.7 Å². The van der Waals surface area contributed by atoms with E-state index in [4.69, 9.17) is 19.9 Å². The molecule has 0 spiro atoms. The molecule has 1 unspecified atom stereocenters. The number of hydrogen-bond acceptors (Lipinski definition) is 4. The van der Waals surface area contributed by atoms with E-state index in [0.29, 0.717) is 17.2 Å². The van der Waals surface area contributed by atoms with Gasteiger partial charge in [-0.05, 0) is 30.0 Å². The normalized spacial score (nSPS) is 17.0. The van der Waals surface area contributed by atoms with Gasteiger partial charge < -0.3 is 19.9 Å². The summed E-state index contributed by atoms with van der Waals surface area (Å²) in [5.41, 5.74) is 7.41. The average Bonchev–Trinajstić information content (AvgIpc) is 2.98. The van der Waals surface area contributed by atoms with Crippen LogP contribution < -0.4 is 19.9 Å². The van der Waals surface area contributed by atoms with Crippen molar-refractivity contribution in [2.24, 2.45) is 11.7 Å². The van der Waals surface area contributed by atoms with Gasteiger partial charge in [0.2, 0.25) is 5.75 Å². The monoisotopic (exact) mass is 279 g/mol. The molecule has 1 atom stereocenters. The number of methoxy groups -OCH3 is 3. The third-order valence-electron chi connectivity index (χ3n) is 4.18. The molecule has 0 amide bonds. The molecule has 0 heterocycles. The number of ether oxygens (including phenoxy) is 3. The molecule has 2 rings (SSSR count). The van der Waals surface area contributed by atoms with Gasteiger partial charge in [-0.3, -0.25) is 0 Å². The molecule has 0 aliphatic heterocycles. The van der Waals surface area contributed by atoms with Crippen LogP contribution in [0.4, 0.5) is 0 Å². The fourth-order valence-electron chi connectivity index (χ4n) is 3.06. The summed E-state index contributed by atoms with van der Waals surface area (Å²) >= 11 is 0. The second-order valence-corrected chi connectivity index (χ2v) is 5.45. The molecule has 1 fully saturated rings. The van der Waals surface area contributed by atoms with E-state index >= 15 is 0 Å². The molecule has 4 nitrogen and oxygen atoms in total. The summed E-state index contributed by atoms with van der Waals surface area (Å²) in [4.78, 5) is 0. The molecule has 0 bridgehead atoms. The molecule has 1 saturated carbocycles. The average molecular weight is 279 g/mol. The van der Waals surface area contributed by atoms with Crippen LogP contribution in [0.3, 0.4) is 0 Å². The highest BCUT2D eigenvalue weighted by Crippen LogP contribution is 2.41. The van der Waals surface area contributed by atoms with Crippen LogP contribution >= 0.6 is 0 Å². The largest absolute Gasteiger partial charge is 0.493 e. The highest BCUT2D eigenvalue weighted by molar-refractivity contribution is 5.54. The van der Waals surface area contributed by atoms with E-state index in [1.807, 2.05) is 12.1 Å². The Morgan fingerprint density at radius 1 is 1.05 bits per heavy atom. The molecule has 1 aliphatic carbocycles. The van der Waals surface area contributed by atoms with Crippen LogP contribution in [0.15, 0.2) is 12.1 Å². The van der Waals surface area contributed by atoms with Crippen LogP contribution in [0.2, 0.25) is 0 Å². The van der Waals surface area contributed by atoms with Gasteiger partial charge in [0.15, 0.2) is 11.5 Å². The fraction of sp³-hybridized carbons (Fsp3) is 0.625. The van der Waals surface area contributed by atoms with Crippen molar-refractivity contribution in [1.29, 1.82) is 0 Å². The second-order valence-electron chi connectivity index (χ2n) is 5.45. The molecule has 0 saturated heterocycles. The van der Waals surface area contributed by atoms with Crippen molar-refractivity contribution in [1.82, 2.24) is 0 Å². The summed E-state index contributed by atoms with van der Waals surface area (Å²) in [6.07, 6.45) is 6.31. The lowest BCUT2D eigenvalue weighted by atomic mass is 9.94. The van der Waals surface area contributed by atoms with Crippen LogP contribution in [0, 0.1) is 5.92 Å². The summed E-state index contributed by atoms with van der Waals surface area (Å²) in [5.74, 6) is 2.71. The molecule has 20 heavy (non-hydrogen) atoms. The van der Waals surface area contributed by atoms with Crippen molar-refractivity contribution in [2.45, 2.75) is 38.1 Å². The molecule has 1 aliphatic rings. The first-order valence-corrected chi connectivity index (χ1v) is 7.25.